The van der Waals surface area contributed by atoms with E-state index in [2.05, 4.69) is 29.8 Å². The Morgan fingerprint density at radius 1 is 1.00 bits per heavy atom. The minimum absolute atomic E-state index is 0.00562. The van der Waals surface area contributed by atoms with Crippen molar-refractivity contribution < 1.29 is 13.9 Å². The molecule has 0 N–H and O–H groups in total. The molecule has 204 valence electrons. The molecule has 0 fully saturated rings. The van der Waals surface area contributed by atoms with Crippen molar-refractivity contribution in [2.75, 3.05) is 18.7 Å². The van der Waals surface area contributed by atoms with E-state index in [1.54, 1.807) is 22.8 Å². The van der Waals surface area contributed by atoms with Crippen molar-refractivity contribution >= 4 is 17.6 Å². The maximum atomic E-state index is 15.2. The lowest BCUT2D eigenvalue weighted by Gasteiger charge is -2.49. The van der Waals surface area contributed by atoms with Crippen molar-refractivity contribution in [2.45, 2.75) is 25.5 Å². The number of rotatable bonds is 5. The van der Waals surface area contributed by atoms with Gasteiger partial charge in [-0.15, -0.1) is 0 Å². The van der Waals surface area contributed by atoms with Gasteiger partial charge in [-0.2, -0.15) is 0 Å². The van der Waals surface area contributed by atoms with Gasteiger partial charge in [0.05, 0.1) is 0 Å². The molecule has 0 saturated carbocycles. The Morgan fingerprint density at radius 3 is 2.54 bits per heavy atom. The summed E-state index contributed by atoms with van der Waals surface area (Å²) in [6.07, 6.45) is 4.35. The first kappa shape index (κ1) is 25.1. The van der Waals surface area contributed by atoms with Crippen LogP contribution in [0.15, 0.2) is 95.9 Å². The van der Waals surface area contributed by atoms with Gasteiger partial charge in [0.25, 0.3) is 5.91 Å². The number of fused-ring (bicyclic) bond motifs is 6. The van der Waals surface area contributed by atoms with E-state index in [0.717, 1.165) is 33.4 Å². The van der Waals surface area contributed by atoms with Crippen molar-refractivity contribution in [3.63, 3.8) is 0 Å². The summed E-state index contributed by atoms with van der Waals surface area (Å²) in [6.45, 7) is 6.28. The van der Waals surface area contributed by atoms with Crippen LogP contribution in [0, 0.1) is 5.82 Å². The first-order valence-electron chi connectivity index (χ1n) is 13.6. The fraction of sp³-hybridized carbons (Fsp3) is 0.176. The summed E-state index contributed by atoms with van der Waals surface area (Å²) in [5, 5.41) is 2.10. The third kappa shape index (κ3) is 3.48. The molecule has 41 heavy (non-hydrogen) atoms. The van der Waals surface area contributed by atoms with Gasteiger partial charge in [0, 0.05) is 24.9 Å². The quantitative estimate of drug-likeness (QED) is 0.334. The zero-order chi connectivity index (χ0) is 28.5. The van der Waals surface area contributed by atoms with Crippen LogP contribution in [-0.2, 0) is 18.6 Å². The van der Waals surface area contributed by atoms with Gasteiger partial charge in [0.1, 0.15) is 24.6 Å². The Morgan fingerprint density at radius 2 is 1.76 bits per heavy atom. The summed E-state index contributed by atoms with van der Waals surface area (Å²) >= 11 is 0. The second kappa shape index (κ2) is 9.06. The molecule has 3 aliphatic rings. The standard InChI is InChI=1S/C34H28FN3O3/c1-21(2)30-25-18-24-17-23-11-7-8-12-26(23)34(24,27(25)13-14-28(30)35)38-20-36(3)33(40)31-32(29(39)15-16-37(31)38)41-19-22-9-5-4-6-10-22/h4-17H,1,18-20H2,2-3H3. The monoisotopic (exact) mass is 545 g/mol. The minimum atomic E-state index is -0.834. The van der Waals surface area contributed by atoms with E-state index >= 15 is 4.39 Å². The first-order valence-corrected chi connectivity index (χ1v) is 13.6. The molecular formula is C34H28FN3O3. The smallest absolute Gasteiger partial charge is 0.277 e. The molecule has 1 aromatic heterocycles. The Kier molecular flexibility index (Phi) is 5.54. The van der Waals surface area contributed by atoms with Crippen molar-refractivity contribution in [3.05, 3.63) is 146 Å². The summed E-state index contributed by atoms with van der Waals surface area (Å²) in [4.78, 5) is 28.5. The number of halogens is 1. The Balaban J connectivity index is 1.47. The number of amides is 1. The average Bonchev–Trinajstić information content (AvgIpc) is 3.45. The maximum Gasteiger partial charge on any atom is 0.277 e. The molecule has 7 heteroatoms. The number of aromatic nitrogens is 1. The number of pyridine rings is 1. The molecule has 2 aliphatic carbocycles. The van der Waals surface area contributed by atoms with Crippen LogP contribution in [0.4, 0.5) is 4.39 Å². The molecule has 0 radical (unpaired) electrons. The summed E-state index contributed by atoms with van der Waals surface area (Å²) in [5.41, 5.74) is 6.04. The molecule has 3 aromatic carbocycles. The highest BCUT2D eigenvalue weighted by Crippen LogP contribution is 2.56. The molecule has 0 bridgehead atoms. The molecule has 0 spiro atoms. The highest BCUT2D eigenvalue weighted by Gasteiger charge is 2.55. The molecule has 1 aliphatic heterocycles. The van der Waals surface area contributed by atoms with Gasteiger partial charge in [-0.25, -0.2) is 4.39 Å². The Hall–Kier alpha value is -4.91. The number of nitrogens with zero attached hydrogens (tertiary/aromatic N) is 3. The van der Waals surface area contributed by atoms with Crippen LogP contribution in [0.5, 0.6) is 5.75 Å². The van der Waals surface area contributed by atoms with Gasteiger partial charge in [-0.05, 0) is 58.4 Å². The van der Waals surface area contributed by atoms with Gasteiger partial charge in [0.15, 0.2) is 11.4 Å². The molecule has 1 unspecified atom stereocenters. The molecule has 2 heterocycles. The van der Waals surface area contributed by atoms with Gasteiger partial charge in [0.2, 0.25) is 5.43 Å². The van der Waals surface area contributed by atoms with Gasteiger partial charge in [-0.3, -0.25) is 19.3 Å². The van der Waals surface area contributed by atoms with Crippen LogP contribution in [0.25, 0.3) is 11.6 Å². The number of benzene rings is 3. The van der Waals surface area contributed by atoms with E-state index in [1.165, 1.54) is 12.1 Å². The van der Waals surface area contributed by atoms with E-state index in [9.17, 15) is 9.59 Å². The number of carbonyl (C=O) groups is 1. The predicted octanol–water partition coefficient (Wildman–Crippen LogP) is 5.48. The van der Waals surface area contributed by atoms with Gasteiger partial charge in [-0.1, -0.05) is 73.3 Å². The number of hydrogen-bond acceptors (Lipinski definition) is 4. The normalized spacial score (nSPS) is 18.4. The van der Waals surface area contributed by atoms with E-state index in [4.69, 9.17) is 4.74 Å². The fourth-order valence-electron chi connectivity index (χ4n) is 6.71. The van der Waals surface area contributed by atoms with Crippen LogP contribution in [0.1, 0.15) is 50.8 Å². The summed E-state index contributed by atoms with van der Waals surface area (Å²) in [6, 6.07) is 22.5. The van der Waals surface area contributed by atoms with Gasteiger partial charge >= 0.3 is 0 Å². The number of hydrogen-bond donors (Lipinski definition) is 0. The largest absolute Gasteiger partial charge is 0.482 e. The topological polar surface area (TPSA) is 54.8 Å². The van der Waals surface area contributed by atoms with E-state index in [-0.39, 0.29) is 41.9 Å². The third-order valence-electron chi connectivity index (χ3n) is 8.39. The molecule has 0 saturated heterocycles. The van der Waals surface area contributed by atoms with Crippen LogP contribution >= 0.6 is 0 Å². The zero-order valence-corrected chi connectivity index (χ0v) is 22.9. The van der Waals surface area contributed by atoms with Crippen molar-refractivity contribution in [3.8, 4) is 5.75 Å². The van der Waals surface area contributed by atoms with E-state index in [0.29, 0.717) is 17.6 Å². The van der Waals surface area contributed by atoms with Crippen molar-refractivity contribution in [2.24, 2.45) is 0 Å². The lowest BCUT2D eigenvalue weighted by molar-refractivity contribution is 0.0712. The van der Waals surface area contributed by atoms with Crippen LogP contribution in [-0.4, -0.2) is 29.2 Å². The number of carbonyl (C=O) groups excluding carboxylic acids is 1. The lowest BCUT2D eigenvalue weighted by Crippen LogP contribution is -2.61. The Bertz CT molecular complexity index is 1860. The minimum Gasteiger partial charge on any atom is -0.482 e. The van der Waals surface area contributed by atoms with E-state index < -0.39 is 5.54 Å². The highest BCUT2D eigenvalue weighted by atomic mass is 19.1. The number of allylic oxidation sites excluding steroid dienone is 1. The third-order valence-corrected chi connectivity index (χ3v) is 8.39. The Labute approximate surface area is 237 Å². The summed E-state index contributed by atoms with van der Waals surface area (Å²) < 4.78 is 23.1. The summed E-state index contributed by atoms with van der Waals surface area (Å²) in [5.74, 6) is -0.604. The highest BCUT2D eigenvalue weighted by molar-refractivity contribution is 5.96. The van der Waals surface area contributed by atoms with E-state index in [1.807, 2.05) is 55.5 Å². The fourth-order valence-corrected chi connectivity index (χ4v) is 6.71. The van der Waals surface area contributed by atoms with Crippen molar-refractivity contribution in [1.82, 2.24) is 9.58 Å². The second-order valence-corrected chi connectivity index (χ2v) is 10.9. The van der Waals surface area contributed by atoms with Crippen LogP contribution < -0.4 is 15.2 Å². The maximum absolute atomic E-state index is 15.2. The van der Waals surface area contributed by atoms with Crippen LogP contribution in [0.2, 0.25) is 0 Å². The molecule has 7 rings (SSSR count). The predicted molar refractivity (Wildman–Crippen MR) is 157 cm³/mol. The average molecular weight is 546 g/mol. The molecule has 4 aromatic rings. The molecule has 1 amide bonds. The molecule has 6 nitrogen and oxygen atoms in total. The van der Waals surface area contributed by atoms with Crippen LogP contribution in [0.3, 0.4) is 0 Å². The lowest BCUT2D eigenvalue weighted by atomic mass is 9.82. The second-order valence-electron chi connectivity index (χ2n) is 10.9. The molecular weight excluding hydrogens is 517 g/mol. The van der Waals surface area contributed by atoms with Gasteiger partial charge < -0.3 is 9.64 Å². The van der Waals surface area contributed by atoms with Crippen molar-refractivity contribution in [1.29, 1.82) is 0 Å². The first-order chi connectivity index (χ1) is 19.8. The summed E-state index contributed by atoms with van der Waals surface area (Å²) in [7, 11) is 1.72. The zero-order valence-electron chi connectivity index (χ0n) is 22.9. The SMILES string of the molecule is C=C(C)c1c(F)ccc2c1CC1=Cc3ccccc3C12N1CN(C)C(=O)c2c(OCc3ccccc3)c(=O)ccn21. The molecule has 1 atom stereocenters. The number of ether oxygens (including phenoxy) is 1.